The van der Waals surface area contributed by atoms with E-state index in [4.69, 9.17) is 10.5 Å². The molecule has 2 rings (SSSR count). The fourth-order valence-electron chi connectivity index (χ4n) is 1.78. The van der Waals surface area contributed by atoms with Gasteiger partial charge in [0.05, 0.1) is 12.6 Å². The maximum Gasteiger partial charge on any atom is 0.241 e. The lowest BCUT2D eigenvalue weighted by atomic mass is 10.0. The number of amides is 1. The molecule has 4 heteroatoms. The van der Waals surface area contributed by atoms with Crippen LogP contribution in [0.25, 0.3) is 0 Å². The van der Waals surface area contributed by atoms with Gasteiger partial charge in [0.1, 0.15) is 6.04 Å². The van der Waals surface area contributed by atoms with Crippen molar-refractivity contribution in [2.45, 2.75) is 24.9 Å². The molecule has 0 spiro atoms. The molecule has 1 amide bonds. The summed E-state index contributed by atoms with van der Waals surface area (Å²) in [4.78, 5) is 13.0. The van der Waals surface area contributed by atoms with Gasteiger partial charge in [0.25, 0.3) is 0 Å². The summed E-state index contributed by atoms with van der Waals surface area (Å²) in [5.74, 6) is 0.0884. The average Bonchev–Trinajstić information content (AvgIpc) is 2.15. The quantitative estimate of drug-likeness (QED) is 0.531. The average molecular weight is 170 g/mol. The van der Waals surface area contributed by atoms with Crippen LogP contribution in [0.3, 0.4) is 0 Å². The Bertz CT molecular complexity index is 189. The lowest BCUT2D eigenvalue weighted by molar-refractivity contribution is -0.149. The van der Waals surface area contributed by atoms with Gasteiger partial charge in [0, 0.05) is 13.2 Å². The highest BCUT2D eigenvalue weighted by Crippen LogP contribution is 2.19. The predicted octanol–water partition coefficient (Wildman–Crippen LogP) is -0.665. The van der Waals surface area contributed by atoms with Crippen LogP contribution in [0.15, 0.2) is 0 Å². The molecule has 0 saturated carbocycles. The van der Waals surface area contributed by atoms with Gasteiger partial charge in [0.15, 0.2) is 0 Å². The van der Waals surface area contributed by atoms with Crippen molar-refractivity contribution >= 4 is 5.91 Å². The molecule has 0 aromatic heterocycles. The normalized spacial score (nSPS) is 36.4. The fourth-order valence-corrected chi connectivity index (χ4v) is 1.78. The number of ether oxygens (including phenoxy) is 1. The first-order valence-electron chi connectivity index (χ1n) is 4.43. The lowest BCUT2D eigenvalue weighted by Crippen LogP contribution is -2.65. The van der Waals surface area contributed by atoms with Crippen LogP contribution in [0.2, 0.25) is 0 Å². The number of carbonyl (C=O) groups is 1. The molecular weight excluding hydrogens is 156 g/mol. The minimum absolute atomic E-state index is 0.0884. The molecular formula is C8H14N2O2. The van der Waals surface area contributed by atoms with E-state index in [1.54, 1.807) is 0 Å². The van der Waals surface area contributed by atoms with Crippen molar-refractivity contribution in [2.75, 3.05) is 19.8 Å². The predicted molar refractivity (Wildman–Crippen MR) is 43.5 cm³/mol. The number of hydrogen-bond donors (Lipinski definition) is 1. The molecule has 2 saturated heterocycles. The summed E-state index contributed by atoms with van der Waals surface area (Å²) in [6.07, 6.45) is 2.13. The summed E-state index contributed by atoms with van der Waals surface area (Å²) < 4.78 is 5.29. The Morgan fingerprint density at radius 1 is 1.58 bits per heavy atom. The van der Waals surface area contributed by atoms with E-state index < -0.39 is 0 Å². The van der Waals surface area contributed by atoms with Crippen LogP contribution in [-0.4, -0.2) is 42.6 Å². The molecule has 0 aromatic rings. The van der Waals surface area contributed by atoms with Crippen LogP contribution in [0, 0.1) is 0 Å². The van der Waals surface area contributed by atoms with E-state index >= 15 is 0 Å². The lowest BCUT2D eigenvalue weighted by Gasteiger charge is -2.43. The van der Waals surface area contributed by atoms with Crippen molar-refractivity contribution in [3.63, 3.8) is 0 Å². The van der Waals surface area contributed by atoms with E-state index in [0.29, 0.717) is 19.2 Å². The molecule has 2 aliphatic heterocycles. The summed E-state index contributed by atoms with van der Waals surface area (Å²) in [5, 5.41) is 0. The highest BCUT2D eigenvalue weighted by Gasteiger charge is 2.38. The monoisotopic (exact) mass is 170 g/mol. The number of β-lactam (4-membered cyclic amide) rings is 1. The van der Waals surface area contributed by atoms with Gasteiger partial charge in [0.2, 0.25) is 5.91 Å². The van der Waals surface area contributed by atoms with Crippen molar-refractivity contribution in [2.24, 2.45) is 5.73 Å². The van der Waals surface area contributed by atoms with Crippen LogP contribution < -0.4 is 5.73 Å². The Balaban J connectivity index is 1.88. The van der Waals surface area contributed by atoms with Gasteiger partial charge in [-0.3, -0.25) is 4.79 Å². The number of rotatable bonds is 1. The zero-order chi connectivity index (χ0) is 8.55. The Morgan fingerprint density at radius 2 is 2.42 bits per heavy atom. The molecule has 2 aliphatic rings. The van der Waals surface area contributed by atoms with Gasteiger partial charge in [-0.2, -0.15) is 0 Å². The second-order valence-corrected chi connectivity index (χ2v) is 3.47. The summed E-state index contributed by atoms with van der Waals surface area (Å²) in [5.41, 5.74) is 5.49. The van der Waals surface area contributed by atoms with Gasteiger partial charge in [-0.15, -0.1) is 0 Å². The third-order valence-electron chi connectivity index (χ3n) is 2.57. The van der Waals surface area contributed by atoms with E-state index in [1.165, 1.54) is 0 Å². The van der Waals surface area contributed by atoms with E-state index in [1.807, 2.05) is 4.90 Å². The minimum atomic E-state index is -0.244. The molecule has 12 heavy (non-hydrogen) atoms. The van der Waals surface area contributed by atoms with Crippen LogP contribution in [0.1, 0.15) is 12.8 Å². The Hall–Kier alpha value is -0.610. The van der Waals surface area contributed by atoms with E-state index in [9.17, 15) is 4.79 Å². The van der Waals surface area contributed by atoms with Crippen molar-refractivity contribution in [3.8, 4) is 0 Å². The molecule has 4 nitrogen and oxygen atoms in total. The van der Waals surface area contributed by atoms with Crippen molar-refractivity contribution < 1.29 is 9.53 Å². The maximum atomic E-state index is 11.2. The molecule has 0 aliphatic carbocycles. The summed E-state index contributed by atoms with van der Waals surface area (Å²) in [6, 6.07) is 0.0537. The molecule has 2 unspecified atom stereocenters. The second-order valence-electron chi connectivity index (χ2n) is 3.47. The second kappa shape index (κ2) is 3.03. The zero-order valence-electron chi connectivity index (χ0n) is 7.03. The molecule has 2 fully saturated rings. The van der Waals surface area contributed by atoms with Crippen molar-refractivity contribution in [1.29, 1.82) is 0 Å². The molecule has 68 valence electrons. The minimum Gasteiger partial charge on any atom is -0.379 e. The first kappa shape index (κ1) is 8.01. The largest absolute Gasteiger partial charge is 0.379 e. The van der Waals surface area contributed by atoms with Gasteiger partial charge in [-0.25, -0.2) is 0 Å². The zero-order valence-corrected chi connectivity index (χ0v) is 7.03. The van der Waals surface area contributed by atoms with Crippen LogP contribution in [0.4, 0.5) is 0 Å². The third kappa shape index (κ3) is 1.21. The summed E-state index contributed by atoms with van der Waals surface area (Å²) >= 11 is 0. The Morgan fingerprint density at radius 3 is 2.92 bits per heavy atom. The molecule has 2 atom stereocenters. The number of carbonyl (C=O) groups excluding carboxylic acids is 1. The number of nitrogens with two attached hydrogens (primary N) is 1. The molecule has 0 radical (unpaired) electrons. The van der Waals surface area contributed by atoms with E-state index in [0.717, 1.165) is 19.4 Å². The van der Waals surface area contributed by atoms with E-state index in [2.05, 4.69) is 0 Å². The Labute approximate surface area is 71.7 Å². The Kier molecular flexibility index (Phi) is 2.02. The fraction of sp³-hybridized carbons (Fsp3) is 0.875. The summed E-state index contributed by atoms with van der Waals surface area (Å²) in [6.45, 7) is 2.25. The smallest absolute Gasteiger partial charge is 0.241 e. The van der Waals surface area contributed by atoms with Gasteiger partial charge in [-0.05, 0) is 12.8 Å². The molecule has 2 heterocycles. The topological polar surface area (TPSA) is 55.6 Å². The number of hydrogen-bond acceptors (Lipinski definition) is 3. The van der Waals surface area contributed by atoms with Gasteiger partial charge in [-0.1, -0.05) is 0 Å². The molecule has 0 bridgehead atoms. The number of likely N-dealkylation sites (tertiary alicyclic amines) is 1. The van der Waals surface area contributed by atoms with Crippen molar-refractivity contribution in [1.82, 2.24) is 4.90 Å². The van der Waals surface area contributed by atoms with Crippen LogP contribution in [-0.2, 0) is 9.53 Å². The summed E-state index contributed by atoms with van der Waals surface area (Å²) in [7, 11) is 0. The van der Waals surface area contributed by atoms with Gasteiger partial charge < -0.3 is 15.4 Å². The first-order valence-corrected chi connectivity index (χ1v) is 4.43. The number of nitrogens with zero attached hydrogens (tertiary/aromatic N) is 1. The van der Waals surface area contributed by atoms with Crippen LogP contribution >= 0.6 is 0 Å². The highest BCUT2D eigenvalue weighted by atomic mass is 16.5. The maximum absolute atomic E-state index is 11.2. The highest BCUT2D eigenvalue weighted by molar-refractivity contribution is 5.87. The SMILES string of the molecule is NC1CN(C2CCCOC2)C1=O. The van der Waals surface area contributed by atoms with Crippen LogP contribution in [0.5, 0.6) is 0 Å². The third-order valence-corrected chi connectivity index (χ3v) is 2.57. The molecule has 2 N–H and O–H groups in total. The van der Waals surface area contributed by atoms with Gasteiger partial charge >= 0.3 is 0 Å². The molecule has 0 aromatic carbocycles. The standard InChI is InChI=1S/C8H14N2O2/c9-7-4-10(8(7)11)6-2-1-3-12-5-6/h6-7H,1-5,9H2. The first-order chi connectivity index (χ1) is 5.79. The van der Waals surface area contributed by atoms with E-state index in [-0.39, 0.29) is 11.9 Å². The van der Waals surface area contributed by atoms with Crippen molar-refractivity contribution in [3.05, 3.63) is 0 Å².